The molecule has 0 aliphatic rings. The lowest BCUT2D eigenvalue weighted by molar-refractivity contribution is -0.385. The second-order valence-corrected chi connectivity index (χ2v) is 4.53. The van der Waals surface area contributed by atoms with Crippen LogP contribution in [0.1, 0.15) is 0 Å². The first kappa shape index (κ1) is 13.1. The minimum atomic E-state index is -0.550. The van der Waals surface area contributed by atoms with Crippen LogP contribution in [0.3, 0.4) is 0 Å². The van der Waals surface area contributed by atoms with E-state index in [9.17, 15) is 10.1 Å². The lowest BCUT2D eigenvalue weighted by Crippen LogP contribution is -1.92. The summed E-state index contributed by atoms with van der Waals surface area (Å²) in [5.74, 6) is 0. The molecule has 0 unspecified atom stereocenters. The van der Waals surface area contributed by atoms with Gasteiger partial charge in [0.25, 0.3) is 5.69 Å². The average Bonchev–Trinajstić information content (AvgIpc) is 2.33. The van der Waals surface area contributed by atoms with Gasteiger partial charge in [0, 0.05) is 17.2 Å². The Morgan fingerprint density at radius 2 is 1.89 bits per heavy atom. The number of pyridine rings is 1. The Morgan fingerprint density at radius 3 is 2.56 bits per heavy atom. The highest BCUT2D eigenvalue weighted by Crippen LogP contribution is 2.37. The molecule has 0 bridgehead atoms. The van der Waals surface area contributed by atoms with Crippen LogP contribution < -0.4 is 0 Å². The lowest BCUT2D eigenvalue weighted by atomic mass is 10.1. The summed E-state index contributed by atoms with van der Waals surface area (Å²) in [7, 11) is 0. The Bertz CT molecular complexity index is 632. The zero-order valence-corrected chi connectivity index (χ0v) is 11.0. The van der Waals surface area contributed by atoms with Crippen LogP contribution in [0.5, 0.6) is 0 Å². The van der Waals surface area contributed by atoms with E-state index < -0.39 is 4.92 Å². The fraction of sp³-hybridized carbons (Fsp3) is 0. The minimum absolute atomic E-state index is 0.129. The number of hydrogen-bond acceptors (Lipinski definition) is 3. The van der Waals surface area contributed by atoms with Crippen LogP contribution in [-0.2, 0) is 0 Å². The molecule has 1 heterocycles. The third-order valence-electron chi connectivity index (χ3n) is 2.28. The summed E-state index contributed by atoms with van der Waals surface area (Å²) in [6.07, 6.45) is 1.09. The zero-order chi connectivity index (χ0) is 13.3. The third kappa shape index (κ3) is 2.41. The Hall–Kier alpha value is -1.36. The number of benzene rings is 1. The topological polar surface area (TPSA) is 56.0 Å². The predicted octanol–water partition coefficient (Wildman–Crippen LogP) is 4.62. The molecule has 92 valence electrons. The van der Waals surface area contributed by atoms with E-state index in [1.807, 2.05) is 0 Å². The monoisotopic (exact) mass is 302 g/mol. The van der Waals surface area contributed by atoms with E-state index >= 15 is 0 Å². The van der Waals surface area contributed by atoms with Gasteiger partial charge in [0.15, 0.2) is 0 Å². The van der Waals surface area contributed by atoms with Gasteiger partial charge in [0.2, 0.25) is 0 Å². The summed E-state index contributed by atoms with van der Waals surface area (Å²) in [6.45, 7) is 0. The van der Waals surface area contributed by atoms with Gasteiger partial charge in [-0.1, -0.05) is 46.9 Å². The van der Waals surface area contributed by atoms with Crippen LogP contribution in [0, 0.1) is 10.1 Å². The third-order valence-corrected chi connectivity index (χ3v) is 3.40. The van der Waals surface area contributed by atoms with E-state index in [1.165, 1.54) is 6.07 Å². The molecule has 1 aromatic heterocycles. The van der Waals surface area contributed by atoms with Crippen molar-refractivity contribution in [1.29, 1.82) is 0 Å². The quantitative estimate of drug-likeness (QED) is 0.462. The maximum Gasteiger partial charge on any atom is 0.288 e. The van der Waals surface area contributed by atoms with Crippen LogP contribution in [0.25, 0.3) is 11.1 Å². The maximum absolute atomic E-state index is 10.7. The number of nitro groups is 1. The molecule has 0 fully saturated rings. The van der Waals surface area contributed by atoms with E-state index in [-0.39, 0.29) is 15.9 Å². The van der Waals surface area contributed by atoms with E-state index in [2.05, 4.69) is 4.98 Å². The first-order chi connectivity index (χ1) is 8.50. The van der Waals surface area contributed by atoms with Crippen LogP contribution in [0.4, 0.5) is 5.69 Å². The van der Waals surface area contributed by atoms with E-state index in [1.54, 1.807) is 18.2 Å². The molecule has 4 nitrogen and oxygen atoms in total. The summed E-state index contributed by atoms with van der Waals surface area (Å²) in [6, 6.07) is 6.28. The fourth-order valence-electron chi connectivity index (χ4n) is 1.44. The molecule has 1 aromatic carbocycles. The van der Waals surface area contributed by atoms with Crippen molar-refractivity contribution in [2.24, 2.45) is 0 Å². The second kappa shape index (κ2) is 5.10. The van der Waals surface area contributed by atoms with Gasteiger partial charge in [-0.15, -0.1) is 0 Å². The van der Waals surface area contributed by atoms with Crippen molar-refractivity contribution >= 4 is 40.5 Å². The zero-order valence-electron chi connectivity index (χ0n) is 8.73. The molecule has 0 aliphatic carbocycles. The number of halogens is 3. The molecule has 0 saturated carbocycles. The SMILES string of the molecule is O=[N+]([O-])c1cnc(Cl)c(-c2cccc(Cl)c2Cl)c1. The molecule has 7 heteroatoms. The molecule has 2 aromatic rings. The smallest absolute Gasteiger partial charge is 0.258 e. The van der Waals surface area contributed by atoms with Crippen molar-refractivity contribution in [2.75, 3.05) is 0 Å². The van der Waals surface area contributed by atoms with Crippen LogP contribution in [-0.4, -0.2) is 9.91 Å². The first-order valence-corrected chi connectivity index (χ1v) is 5.88. The number of hydrogen-bond donors (Lipinski definition) is 0. The summed E-state index contributed by atoms with van der Waals surface area (Å²) < 4.78 is 0. The van der Waals surface area contributed by atoms with E-state index in [0.29, 0.717) is 16.1 Å². The average molecular weight is 304 g/mol. The molecule has 2 rings (SSSR count). The van der Waals surface area contributed by atoms with Gasteiger partial charge in [0.05, 0.1) is 15.0 Å². The van der Waals surface area contributed by atoms with Crippen molar-refractivity contribution in [1.82, 2.24) is 4.98 Å². The molecular weight excluding hydrogens is 298 g/mol. The number of nitrogens with zero attached hydrogens (tertiary/aromatic N) is 2. The Balaban J connectivity index is 2.66. The van der Waals surface area contributed by atoms with Crippen LogP contribution in [0.2, 0.25) is 15.2 Å². The van der Waals surface area contributed by atoms with Gasteiger partial charge in [-0.3, -0.25) is 10.1 Å². The molecule has 18 heavy (non-hydrogen) atoms. The highest BCUT2D eigenvalue weighted by Gasteiger charge is 2.15. The van der Waals surface area contributed by atoms with Crippen molar-refractivity contribution in [2.45, 2.75) is 0 Å². The van der Waals surface area contributed by atoms with Gasteiger partial charge in [0.1, 0.15) is 11.3 Å². The summed E-state index contributed by atoms with van der Waals surface area (Å²) in [5, 5.41) is 11.5. The summed E-state index contributed by atoms with van der Waals surface area (Å²) in [5.41, 5.74) is 0.717. The first-order valence-electron chi connectivity index (χ1n) is 4.75. The Morgan fingerprint density at radius 1 is 1.17 bits per heavy atom. The van der Waals surface area contributed by atoms with Crippen molar-refractivity contribution in [3.8, 4) is 11.1 Å². The van der Waals surface area contributed by atoms with Gasteiger partial charge in [-0.05, 0) is 6.07 Å². The molecule has 0 aliphatic heterocycles. The molecule has 0 radical (unpaired) electrons. The number of rotatable bonds is 2. The molecule has 0 atom stereocenters. The van der Waals surface area contributed by atoms with E-state index in [4.69, 9.17) is 34.8 Å². The molecule has 0 saturated heterocycles. The molecule has 0 spiro atoms. The summed E-state index contributed by atoms with van der Waals surface area (Å²) in [4.78, 5) is 13.9. The maximum atomic E-state index is 10.7. The largest absolute Gasteiger partial charge is 0.288 e. The van der Waals surface area contributed by atoms with Gasteiger partial charge in [-0.25, -0.2) is 4.98 Å². The highest BCUT2D eigenvalue weighted by atomic mass is 35.5. The Kier molecular flexibility index (Phi) is 3.71. The molecular formula is C11H5Cl3N2O2. The Labute approximate surface area is 117 Å². The second-order valence-electron chi connectivity index (χ2n) is 3.39. The van der Waals surface area contributed by atoms with Crippen molar-refractivity contribution in [3.63, 3.8) is 0 Å². The van der Waals surface area contributed by atoms with Crippen LogP contribution in [0.15, 0.2) is 30.5 Å². The van der Waals surface area contributed by atoms with Crippen molar-refractivity contribution < 1.29 is 4.92 Å². The highest BCUT2D eigenvalue weighted by molar-refractivity contribution is 6.44. The standard InChI is InChI=1S/C11H5Cl3N2O2/c12-9-3-1-2-7(10(9)13)8-4-6(16(17)18)5-15-11(8)14/h1-5H. The normalized spacial score (nSPS) is 10.4. The fourth-order valence-corrected chi connectivity index (χ4v) is 2.05. The van der Waals surface area contributed by atoms with Gasteiger partial charge in [-0.2, -0.15) is 0 Å². The minimum Gasteiger partial charge on any atom is -0.258 e. The molecule has 0 amide bonds. The van der Waals surface area contributed by atoms with E-state index in [0.717, 1.165) is 6.20 Å². The van der Waals surface area contributed by atoms with Crippen LogP contribution >= 0.6 is 34.8 Å². The lowest BCUT2D eigenvalue weighted by Gasteiger charge is -2.07. The van der Waals surface area contributed by atoms with Crippen molar-refractivity contribution in [3.05, 3.63) is 55.8 Å². The predicted molar refractivity (Wildman–Crippen MR) is 71.4 cm³/mol. The van der Waals surface area contributed by atoms with Gasteiger partial charge < -0.3 is 0 Å². The molecule has 0 N–H and O–H groups in total. The van der Waals surface area contributed by atoms with Gasteiger partial charge >= 0.3 is 0 Å². The number of aromatic nitrogens is 1. The summed E-state index contributed by atoms with van der Waals surface area (Å²) >= 11 is 17.9.